The van der Waals surface area contributed by atoms with Gasteiger partial charge in [0.1, 0.15) is 5.82 Å². The van der Waals surface area contributed by atoms with Gasteiger partial charge in [-0.1, -0.05) is 6.92 Å². The van der Waals surface area contributed by atoms with Gasteiger partial charge in [0, 0.05) is 17.0 Å². The van der Waals surface area contributed by atoms with Crippen molar-refractivity contribution in [2.24, 2.45) is 0 Å². The molecule has 1 atom stereocenters. The van der Waals surface area contributed by atoms with Crippen molar-refractivity contribution in [1.29, 1.82) is 0 Å². The van der Waals surface area contributed by atoms with Crippen LogP contribution in [-0.2, 0) is 6.42 Å². The molecule has 1 aromatic carbocycles. The zero-order chi connectivity index (χ0) is 14.3. The van der Waals surface area contributed by atoms with Gasteiger partial charge in [-0.15, -0.1) is 0 Å². The highest BCUT2D eigenvalue weighted by atomic mass is 19.1. The molecule has 20 heavy (non-hydrogen) atoms. The van der Waals surface area contributed by atoms with Crippen LogP contribution in [0.4, 0.5) is 4.39 Å². The van der Waals surface area contributed by atoms with Crippen molar-refractivity contribution in [2.75, 3.05) is 0 Å². The van der Waals surface area contributed by atoms with E-state index in [-0.39, 0.29) is 5.56 Å². The molecule has 4 heteroatoms. The third-order valence-electron chi connectivity index (χ3n) is 4.15. The van der Waals surface area contributed by atoms with E-state index in [1.807, 2.05) is 0 Å². The number of hydrogen-bond donors (Lipinski definition) is 1. The van der Waals surface area contributed by atoms with Crippen molar-refractivity contribution in [3.8, 4) is 0 Å². The number of rotatable bonds is 2. The first kappa shape index (κ1) is 13.0. The summed E-state index contributed by atoms with van der Waals surface area (Å²) in [6.45, 7) is 2.09. The molecule has 1 unspecified atom stereocenters. The summed E-state index contributed by atoms with van der Waals surface area (Å²) in [4.78, 5) is 16.3. The van der Waals surface area contributed by atoms with Crippen LogP contribution in [0.15, 0.2) is 18.2 Å². The molecule has 1 heterocycles. The second-order valence-electron chi connectivity index (χ2n) is 5.31. The van der Waals surface area contributed by atoms with E-state index >= 15 is 0 Å². The van der Waals surface area contributed by atoms with Gasteiger partial charge in [-0.2, -0.15) is 0 Å². The van der Waals surface area contributed by atoms with E-state index in [0.717, 1.165) is 30.5 Å². The highest BCUT2D eigenvalue weighted by Gasteiger charge is 2.27. The molecular weight excluding hydrogens is 257 g/mol. The van der Waals surface area contributed by atoms with Gasteiger partial charge in [-0.25, -0.2) is 9.18 Å². The Labute approximate surface area is 116 Å². The Morgan fingerprint density at radius 3 is 3.00 bits per heavy atom. The van der Waals surface area contributed by atoms with E-state index in [0.29, 0.717) is 23.2 Å². The molecule has 0 fully saturated rings. The van der Waals surface area contributed by atoms with Gasteiger partial charge in [0.2, 0.25) is 0 Å². The molecule has 1 aromatic heterocycles. The van der Waals surface area contributed by atoms with Crippen molar-refractivity contribution in [2.45, 2.75) is 38.5 Å². The fraction of sp³-hybridized carbons (Fsp3) is 0.375. The minimum Gasteiger partial charge on any atom is -0.478 e. The van der Waals surface area contributed by atoms with Crippen LogP contribution >= 0.6 is 0 Å². The number of hydrogen-bond acceptors (Lipinski definition) is 2. The van der Waals surface area contributed by atoms with Crippen molar-refractivity contribution in [3.05, 3.63) is 40.8 Å². The van der Waals surface area contributed by atoms with Gasteiger partial charge in [-0.05, 0) is 49.4 Å². The van der Waals surface area contributed by atoms with Crippen LogP contribution in [-0.4, -0.2) is 16.1 Å². The Balaban J connectivity index is 2.38. The number of carboxylic acids is 1. The molecule has 0 aliphatic heterocycles. The van der Waals surface area contributed by atoms with Crippen molar-refractivity contribution in [1.82, 2.24) is 4.98 Å². The number of fused-ring (bicyclic) bond motifs is 2. The lowest BCUT2D eigenvalue weighted by Crippen LogP contribution is -2.17. The van der Waals surface area contributed by atoms with Crippen LogP contribution < -0.4 is 0 Å². The average molecular weight is 273 g/mol. The highest BCUT2D eigenvalue weighted by molar-refractivity contribution is 6.04. The fourth-order valence-corrected chi connectivity index (χ4v) is 3.19. The second-order valence-corrected chi connectivity index (χ2v) is 5.31. The minimum atomic E-state index is -0.990. The number of nitrogens with zero attached hydrogens (tertiary/aromatic N) is 1. The zero-order valence-corrected chi connectivity index (χ0v) is 11.3. The standard InChI is InChI=1S/C16H16FNO2/c1-2-9-4-3-5-11-14(16(19)20)12-8-10(17)6-7-13(12)18-15(9)11/h6-9H,2-5H2,1H3,(H,19,20). The SMILES string of the molecule is CCC1CCCc2c1nc1ccc(F)cc1c2C(=O)O. The van der Waals surface area contributed by atoms with Gasteiger partial charge in [0.25, 0.3) is 0 Å². The maximum atomic E-state index is 13.4. The summed E-state index contributed by atoms with van der Waals surface area (Å²) in [7, 11) is 0. The molecule has 0 bridgehead atoms. The molecule has 1 N–H and O–H groups in total. The highest BCUT2D eigenvalue weighted by Crippen LogP contribution is 2.37. The molecule has 0 amide bonds. The van der Waals surface area contributed by atoms with Gasteiger partial charge in [0.05, 0.1) is 11.1 Å². The lowest BCUT2D eigenvalue weighted by atomic mass is 9.82. The van der Waals surface area contributed by atoms with Crippen LogP contribution in [0.5, 0.6) is 0 Å². The van der Waals surface area contributed by atoms with E-state index < -0.39 is 11.8 Å². The normalized spacial score (nSPS) is 18.0. The lowest BCUT2D eigenvalue weighted by Gasteiger charge is -2.25. The number of carbonyl (C=O) groups is 1. The van der Waals surface area contributed by atoms with Crippen LogP contribution in [0.2, 0.25) is 0 Å². The van der Waals surface area contributed by atoms with Crippen molar-refractivity contribution < 1.29 is 14.3 Å². The van der Waals surface area contributed by atoms with Crippen LogP contribution in [0.25, 0.3) is 10.9 Å². The van der Waals surface area contributed by atoms with E-state index in [2.05, 4.69) is 11.9 Å². The zero-order valence-electron chi connectivity index (χ0n) is 11.3. The first-order valence-electron chi connectivity index (χ1n) is 6.97. The third kappa shape index (κ3) is 1.96. The topological polar surface area (TPSA) is 50.2 Å². The molecule has 1 aliphatic carbocycles. The Kier molecular flexibility index (Phi) is 3.16. The Hall–Kier alpha value is -1.97. The molecule has 0 saturated heterocycles. The number of aromatic carboxylic acids is 1. The largest absolute Gasteiger partial charge is 0.478 e. The number of carboxylic acid groups (broad SMARTS) is 1. The lowest BCUT2D eigenvalue weighted by molar-refractivity contribution is 0.0697. The average Bonchev–Trinajstić information content (AvgIpc) is 2.43. The maximum Gasteiger partial charge on any atom is 0.336 e. The van der Waals surface area contributed by atoms with E-state index in [1.165, 1.54) is 12.1 Å². The summed E-state index contributed by atoms with van der Waals surface area (Å²) in [5.74, 6) is -1.10. The van der Waals surface area contributed by atoms with Gasteiger partial charge < -0.3 is 5.11 Å². The van der Waals surface area contributed by atoms with Crippen LogP contribution in [0, 0.1) is 5.82 Å². The van der Waals surface area contributed by atoms with Crippen molar-refractivity contribution >= 4 is 16.9 Å². The smallest absolute Gasteiger partial charge is 0.336 e. The summed E-state index contributed by atoms with van der Waals surface area (Å²) in [6, 6.07) is 4.18. The van der Waals surface area contributed by atoms with Crippen LogP contribution in [0.1, 0.15) is 53.7 Å². The predicted molar refractivity (Wildman–Crippen MR) is 74.6 cm³/mol. The molecular formula is C16H16FNO2. The van der Waals surface area contributed by atoms with Crippen LogP contribution in [0.3, 0.4) is 0 Å². The Morgan fingerprint density at radius 2 is 2.30 bits per heavy atom. The van der Waals surface area contributed by atoms with E-state index in [1.54, 1.807) is 6.07 Å². The quantitative estimate of drug-likeness (QED) is 0.902. The summed E-state index contributed by atoms with van der Waals surface area (Å²) in [5, 5.41) is 9.95. The number of benzene rings is 1. The van der Waals surface area contributed by atoms with Gasteiger partial charge in [0.15, 0.2) is 0 Å². The molecule has 1 aliphatic rings. The molecule has 0 saturated carbocycles. The Bertz CT molecular complexity index is 696. The first-order chi connectivity index (χ1) is 9.61. The molecule has 0 radical (unpaired) electrons. The van der Waals surface area contributed by atoms with E-state index in [4.69, 9.17) is 0 Å². The van der Waals surface area contributed by atoms with Gasteiger partial charge >= 0.3 is 5.97 Å². The molecule has 3 rings (SSSR count). The minimum absolute atomic E-state index is 0.239. The second kappa shape index (κ2) is 4.85. The third-order valence-corrected chi connectivity index (χ3v) is 4.15. The number of pyridine rings is 1. The number of aromatic nitrogens is 1. The molecule has 104 valence electrons. The molecule has 0 spiro atoms. The predicted octanol–water partition coefficient (Wildman–Crippen LogP) is 3.90. The number of halogens is 1. The fourth-order valence-electron chi connectivity index (χ4n) is 3.19. The summed E-state index contributed by atoms with van der Waals surface area (Å²) >= 11 is 0. The first-order valence-corrected chi connectivity index (χ1v) is 6.97. The summed E-state index contributed by atoms with van der Waals surface area (Å²) in [5.41, 5.74) is 2.51. The summed E-state index contributed by atoms with van der Waals surface area (Å²) in [6.07, 6.45) is 3.68. The monoisotopic (exact) mass is 273 g/mol. The van der Waals surface area contributed by atoms with E-state index in [9.17, 15) is 14.3 Å². The maximum absolute atomic E-state index is 13.4. The summed E-state index contributed by atoms with van der Waals surface area (Å²) < 4.78 is 13.4. The molecule has 3 nitrogen and oxygen atoms in total. The Morgan fingerprint density at radius 1 is 1.50 bits per heavy atom. The molecule has 2 aromatic rings. The van der Waals surface area contributed by atoms with Gasteiger partial charge in [-0.3, -0.25) is 4.98 Å². The van der Waals surface area contributed by atoms with Crippen molar-refractivity contribution in [3.63, 3.8) is 0 Å².